The van der Waals surface area contributed by atoms with E-state index in [0.29, 0.717) is 24.6 Å². The number of hydrogen-bond donors (Lipinski definition) is 2. The second-order valence-electron chi connectivity index (χ2n) is 4.97. The summed E-state index contributed by atoms with van der Waals surface area (Å²) in [4.78, 5) is 16.0. The van der Waals surface area contributed by atoms with E-state index in [1.165, 1.54) is 12.8 Å². The lowest BCUT2D eigenvalue weighted by atomic mass is 10.2. The van der Waals surface area contributed by atoms with Gasteiger partial charge in [-0.2, -0.15) is 0 Å². The quantitative estimate of drug-likeness (QED) is 0.762. The first-order valence-corrected chi connectivity index (χ1v) is 6.75. The van der Waals surface area contributed by atoms with Crippen LogP contribution in [0.5, 0.6) is 5.75 Å². The maximum Gasteiger partial charge on any atom is 0.257 e. The molecule has 1 aliphatic carbocycles. The van der Waals surface area contributed by atoms with E-state index in [1.807, 2.05) is 19.1 Å². The second kappa shape index (κ2) is 6.52. The van der Waals surface area contributed by atoms with Crippen molar-refractivity contribution in [1.82, 2.24) is 10.3 Å². The number of pyridine rings is 1. The first-order valence-electron chi connectivity index (χ1n) is 6.75. The second-order valence-corrected chi connectivity index (χ2v) is 4.97. The van der Waals surface area contributed by atoms with Crippen molar-refractivity contribution in [3.8, 4) is 5.75 Å². The van der Waals surface area contributed by atoms with Gasteiger partial charge in [0.15, 0.2) is 6.61 Å². The number of ether oxygens (including phenoxy) is 1. The number of aromatic nitrogens is 1. The van der Waals surface area contributed by atoms with Crippen LogP contribution in [-0.2, 0) is 11.2 Å². The minimum absolute atomic E-state index is 0.0367. The van der Waals surface area contributed by atoms with Crippen LogP contribution in [0.15, 0.2) is 12.1 Å². The number of carbonyl (C=O) groups excluding carboxylic acids is 1. The molecular weight excluding hydrogens is 242 g/mol. The summed E-state index contributed by atoms with van der Waals surface area (Å²) < 4.78 is 5.53. The maximum atomic E-state index is 11.6. The normalized spacial score (nSPS) is 14.2. The molecule has 0 saturated heterocycles. The summed E-state index contributed by atoms with van der Waals surface area (Å²) >= 11 is 0. The molecule has 104 valence electrons. The molecule has 0 atom stereocenters. The monoisotopic (exact) mass is 263 g/mol. The topological polar surface area (TPSA) is 77.2 Å². The molecule has 1 heterocycles. The Balaban J connectivity index is 1.84. The molecule has 5 heteroatoms. The Morgan fingerprint density at radius 1 is 1.53 bits per heavy atom. The summed E-state index contributed by atoms with van der Waals surface area (Å²) in [5.74, 6) is 1.25. The molecule has 19 heavy (non-hydrogen) atoms. The van der Waals surface area contributed by atoms with Gasteiger partial charge in [0.25, 0.3) is 5.91 Å². The van der Waals surface area contributed by atoms with Crippen molar-refractivity contribution in [3.63, 3.8) is 0 Å². The molecule has 3 N–H and O–H groups in total. The van der Waals surface area contributed by atoms with Crippen molar-refractivity contribution in [2.45, 2.75) is 26.2 Å². The van der Waals surface area contributed by atoms with E-state index < -0.39 is 0 Å². The fraction of sp³-hybridized carbons (Fsp3) is 0.571. The van der Waals surface area contributed by atoms with Gasteiger partial charge in [-0.3, -0.25) is 9.78 Å². The first kappa shape index (κ1) is 13.8. The van der Waals surface area contributed by atoms with Gasteiger partial charge < -0.3 is 15.8 Å². The van der Waals surface area contributed by atoms with Gasteiger partial charge in [-0.05, 0) is 44.4 Å². The lowest BCUT2D eigenvalue weighted by molar-refractivity contribution is -0.123. The van der Waals surface area contributed by atoms with Gasteiger partial charge in [-0.15, -0.1) is 0 Å². The summed E-state index contributed by atoms with van der Waals surface area (Å²) in [6.07, 6.45) is 3.11. The Morgan fingerprint density at radius 2 is 2.32 bits per heavy atom. The zero-order chi connectivity index (χ0) is 13.7. The number of carbonyl (C=O) groups is 1. The maximum absolute atomic E-state index is 11.6. The fourth-order valence-electron chi connectivity index (χ4n) is 1.82. The molecule has 1 amide bonds. The molecule has 0 aliphatic heterocycles. The largest absolute Gasteiger partial charge is 0.482 e. The van der Waals surface area contributed by atoms with E-state index in [9.17, 15) is 4.79 Å². The fourth-order valence-corrected chi connectivity index (χ4v) is 1.82. The minimum atomic E-state index is -0.0776. The zero-order valence-electron chi connectivity index (χ0n) is 11.3. The highest BCUT2D eigenvalue weighted by molar-refractivity contribution is 5.77. The molecular formula is C14H21N3O2. The van der Waals surface area contributed by atoms with Crippen molar-refractivity contribution in [3.05, 3.63) is 23.5 Å². The van der Waals surface area contributed by atoms with Crippen molar-refractivity contribution in [2.75, 3.05) is 19.7 Å². The molecule has 1 aliphatic rings. The summed E-state index contributed by atoms with van der Waals surface area (Å²) in [7, 11) is 0. The van der Waals surface area contributed by atoms with Gasteiger partial charge in [0.2, 0.25) is 0 Å². The summed E-state index contributed by atoms with van der Waals surface area (Å²) in [5.41, 5.74) is 7.29. The third-order valence-corrected chi connectivity index (χ3v) is 3.10. The average Bonchev–Trinajstić information content (AvgIpc) is 3.20. The first-order chi connectivity index (χ1) is 9.19. The Kier molecular flexibility index (Phi) is 4.74. The summed E-state index contributed by atoms with van der Waals surface area (Å²) in [6.45, 7) is 3.24. The average molecular weight is 263 g/mol. The molecule has 1 aromatic heterocycles. The van der Waals surface area contributed by atoms with E-state index in [2.05, 4.69) is 10.3 Å². The van der Waals surface area contributed by atoms with E-state index in [-0.39, 0.29) is 12.5 Å². The number of rotatable bonds is 7. The summed E-state index contributed by atoms with van der Waals surface area (Å²) in [6, 6.07) is 3.72. The van der Waals surface area contributed by atoms with Crippen LogP contribution < -0.4 is 15.8 Å². The Bertz CT molecular complexity index is 444. The smallest absolute Gasteiger partial charge is 0.257 e. The van der Waals surface area contributed by atoms with Crippen molar-refractivity contribution in [2.24, 2.45) is 11.7 Å². The van der Waals surface area contributed by atoms with Gasteiger partial charge in [0, 0.05) is 18.7 Å². The molecule has 0 unspecified atom stereocenters. The Morgan fingerprint density at radius 3 is 3.00 bits per heavy atom. The summed E-state index contributed by atoms with van der Waals surface area (Å²) in [5, 5.41) is 2.87. The van der Waals surface area contributed by atoms with Crippen molar-refractivity contribution in [1.29, 1.82) is 0 Å². The molecule has 0 bridgehead atoms. The third-order valence-electron chi connectivity index (χ3n) is 3.10. The lowest BCUT2D eigenvalue weighted by Gasteiger charge is -2.11. The van der Waals surface area contributed by atoms with Crippen molar-refractivity contribution >= 4 is 5.91 Å². The molecule has 0 radical (unpaired) electrons. The van der Waals surface area contributed by atoms with Crippen LogP contribution in [0.1, 0.15) is 24.2 Å². The van der Waals surface area contributed by atoms with Crippen LogP contribution in [0.2, 0.25) is 0 Å². The highest BCUT2D eigenvalue weighted by Gasteiger charge is 2.21. The molecule has 5 nitrogen and oxygen atoms in total. The van der Waals surface area contributed by atoms with Gasteiger partial charge in [0.1, 0.15) is 5.75 Å². The Labute approximate surface area is 113 Å². The predicted molar refractivity (Wildman–Crippen MR) is 73.0 cm³/mol. The molecule has 1 saturated carbocycles. The van der Waals surface area contributed by atoms with Crippen LogP contribution in [0.25, 0.3) is 0 Å². The molecule has 1 fully saturated rings. The van der Waals surface area contributed by atoms with Crippen LogP contribution in [-0.4, -0.2) is 30.6 Å². The third kappa shape index (κ3) is 4.52. The number of nitrogens with zero attached hydrogens (tertiary/aromatic N) is 1. The van der Waals surface area contributed by atoms with Gasteiger partial charge in [0.05, 0.1) is 5.69 Å². The van der Waals surface area contributed by atoms with Crippen LogP contribution in [0.3, 0.4) is 0 Å². The number of aryl methyl sites for hydroxylation is 1. The van der Waals surface area contributed by atoms with E-state index in [0.717, 1.165) is 17.9 Å². The highest BCUT2D eigenvalue weighted by Crippen LogP contribution is 2.27. The van der Waals surface area contributed by atoms with Gasteiger partial charge >= 0.3 is 0 Å². The van der Waals surface area contributed by atoms with E-state index in [4.69, 9.17) is 10.5 Å². The zero-order valence-corrected chi connectivity index (χ0v) is 11.3. The van der Waals surface area contributed by atoms with Crippen LogP contribution in [0, 0.1) is 12.8 Å². The predicted octanol–water partition coefficient (Wildman–Crippen LogP) is 0.796. The lowest BCUT2D eigenvalue weighted by Crippen LogP contribution is -2.30. The van der Waals surface area contributed by atoms with Crippen molar-refractivity contribution < 1.29 is 9.53 Å². The molecule has 2 rings (SSSR count). The molecule has 0 spiro atoms. The van der Waals surface area contributed by atoms with E-state index >= 15 is 0 Å². The Hall–Kier alpha value is -1.62. The standard InChI is InChI=1S/C14H21N3O2/c1-10-2-5-13(12(17-10)6-7-15)19-9-14(18)16-8-11-3-4-11/h2,5,11H,3-4,6-9,15H2,1H3,(H,16,18). The number of amides is 1. The molecule has 1 aromatic rings. The van der Waals surface area contributed by atoms with Crippen LogP contribution >= 0.6 is 0 Å². The number of nitrogens with one attached hydrogen (secondary N) is 1. The highest BCUT2D eigenvalue weighted by atomic mass is 16.5. The molecule has 0 aromatic carbocycles. The van der Waals surface area contributed by atoms with Gasteiger partial charge in [-0.25, -0.2) is 0 Å². The van der Waals surface area contributed by atoms with Gasteiger partial charge in [-0.1, -0.05) is 0 Å². The number of nitrogens with two attached hydrogens (primary N) is 1. The number of hydrogen-bond acceptors (Lipinski definition) is 4. The SMILES string of the molecule is Cc1ccc(OCC(=O)NCC2CC2)c(CCN)n1. The van der Waals surface area contributed by atoms with Crippen LogP contribution in [0.4, 0.5) is 0 Å². The minimum Gasteiger partial charge on any atom is -0.482 e. The van der Waals surface area contributed by atoms with E-state index in [1.54, 1.807) is 0 Å².